The minimum Gasteiger partial charge on any atom is -0.486 e. The fourth-order valence-corrected chi connectivity index (χ4v) is 4.59. The van der Waals surface area contributed by atoms with Crippen molar-refractivity contribution < 1.29 is 18.7 Å². The van der Waals surface area contributed by atoms with Gasteiger partial charge < -0.3 is 14.1 Å². The van der Waals surface area contributed by atoms with Crippen LogP contribution in [0.25, 0.3) is 11.1 Å². The lowest BCUT2D eigenvalue weighted by Gasteiger charge is -2.44. The number of amides is 1. The van der Waals surface area contributed by atoms with Crippen LogP contribution in [0.15, 0.2) is 41.1 Å². The van der Waals surface area contributed by atoms with Crippen LogP contribution in [0.5, 0.6) is 5.75 Å². The van der Waals surface area contributed by atoms with Crippen LogP contribution < -0.4 is 4.74 Å². The summed E-state index contributed by atoms with van der Waals surface area (Å²) in [4.78, 5) is 31.8. The minimum atomic E-state index is -0.517. The summed E-state index contributed by atoms with van der Waals surface area (Å²) in [7, 11) is 0. The maximum absolute atomic E-state index is 12.9. The number of oxazole rings is 1. The van der Waals surface area contributed by atoms with E-state index in [1.807, 2.05) is 30.9 Å². The Hall–Kier alpha value is -3.15. The number of aryl methyl sites for hydroxylation is 2. The smallest absolute Gasteiger partial charge is 0.253 e. The molecular formula is C23H22N2O4. The zero-order chi connectivity index (χ0) is 20.2. The van der Waals surface area contributed by atoms with Crippen LogP contribution in [0, 0.1) is 13.8 Å². The van der Waals surface area contributed by atoms with Crippen LogP contribution in [-0.4, -0.2) is 40.3 Å². The number of benzene rings is 2. The van der Waals surface area contributed by atoms with Gasteiger partial charge in [-0.05, 0) is 49.2 Å². The number of carbonyl (C=O) groups is 2. The normalized spacial score (nSPS) is 18.0. The van der Waals surface area contributed by atoms with E-state index in [9.17, 15) is 9.59 Å². The maximum atomic E-state index is 12.9. The summed E-state index contributed by atoms with van der Waals surface area (Å²) in [5.74, 6) is 0.800. The van der Waals surface area contributed by atoms with E-state index in [1.165, 1.54) is 6.39 Å². The second kappa shape index (κ2) is 6.44. The van der Waals surface area contributed by atoms with Crippen molar-refractivity contribution in [2.45, 2.75) is 38.7 Å². The maximum Gasteiger partial charge on any atom is 0.253 e. The monoisotopic (exact) mass is 390 g/mol. The molecule has 0 atom stereocenters. The number of carbonyl (C=O) groups excluding carboxylic acids is 2. The molecule has 3 heterocycles. The van der Waals surface area contributed by atoms with Crippen LogP contribution in [0.3, 0.4) is 0 Å². The molecule has 1 amide bonds. The average molecular weight is 390 g/mol. The van der Waals surface area contributed by atoms with E-state index in [-0.39, 0.29) is 11.7 Å². The number of piperidine rings is 1. The Kier molecular flexibility index (Phi) is 3.98. The van der Waals surface area contributed by atoms with Gasteiger partial charge in [0.2, 0.25) is 0 Å². The molecular weight excluding hydrogens is 368 g/mol. The van der Waals surface area contributed by atoms with E-state index in [0.717, 1.165) is 11.1 Å². The van der Waals surface area contributed by atoms with Gasteiger partial charge in [-0.1, -0.05) is 6.07 Å². The molecule has 6 nitrogen and oxygen atoms in total. The molecule has 0 bridgehead atoms. The number of likely N-dealkylation sites (tertiary alicyclic amines) is 1. The second-order valence-electron chi connectivity index (χ2n) is 8.17. The number of hydrogen-bond donors (Lipinski definition) is 0. The Labute approximate surface area is 168 Å². The fraction of sp³-hybridized carbons (Fsp3) is 0.348. The summed E-state index contributed by atoms with van der Waals surface area (Å²) >= 11 is 0. The lowest BCUT2D eigenvalue weighted by molar-refractivity contribution is -0.00580. The quantitative estimate of drug-likeness (QED) is 0.626. The van der Waals surface area contributed by atoms with Crippen molar-refractivity contribution in [1.29, 1.82) is 0 Å². The third kappa shape index (κ3) is 2.99. The second-order valence-corrected chi connectivity index (χ2v) is 8.17. The van der Waals surface area contributed by atoms with Crippen molar-refractivity contribution in [3.05, 3.63) is 59.0 Å². The highest BCUT2D eigenvalue weighted by atomic mass is 16.5. The highest BCUT2D eigenvalue weighted by Crippen LogP contribution is 2.41. The number of nitrogens with zero attached hydrogens (tertiary/aromatic N) is 2. The van der Waals surface area contributed by atoms with Crippen molar-refractivity contribution in [3.8, 4) is 5.75 Å². The summed E-state index contributed by atoms with van der Waals surface area (Å²) in [5, 5.41) is 0. The third-order valence-corrected chi connectivity index (χ3v) is 6.07. The van der Waals surface area contributed by atoms with E-state index in [4.69, 9.17) is 9.15 Å². The van der Waals surface area contributed by atoms with Gasteiger partial charge in [0.15, 0.2) is 17.8 Å². The molecule has 1 aromatic heterocycles. The molecule has 0 unspecified atom stereocenters. The standard InChI is InChI=1S/C23H22N2O4/c1-14-9-15(2)21-18(26)12-23(29-20(21)10-14)5-7-25(8-6-23)22(27)16-3-4-19-17(11-16)24-13-28-19/h3-4,9-11,13H,5-8,12H2,1-2H3. The summed E-state index contributed by atoms with van der Waals surface area (Å²) < 4.78 is 11.6. The summed E-state index contributed by atoms with van der Waals surface area (Å²) in [6.07, 6.45) is 3.03. The first-order chi connectivity index (χ1) is 13.9. The first kappa shape index (κ1) is 17.9. The van der Waals surface area contributed by atoms with Crippen molar-refractivity contribution in [3.63, 3.8) is 0 Å². The van der Waals surface area contributed by atoms with Crippen molar-refractivity contribution in [2.75, 3.05) is 13.1 Å². The van der Waals surface area contributed by atoms with Crippen LogP contribution in [-0.2, 0) is 0 Å². The van der Waals surface area contributed by atoms with E-state index < -0.39 is 5.60 Å². The van der Waals surface area contributed by atoms with Gasteiger partial charge in [0.25, 0.3) is 5.91 Å². The van der Waals surface area contributed by atoms with Crippen LogP contribution >= 0.6 is 0 Å². The predicted octanol–water partition coefficient (Wildman–Crippen LogP) is 4.08. The molecule has 29 heavy (non-hydrogen) atoms. The molecule has 0 radical (unpaired) electrons. The number of ether oxygens (including phenoxy) is 1. The number of ketones is 1. The van der Waals surface area contributed by atoms with Gasteiger partial charge in [-0.15, -0.1) is 0 Å². The van der Waals surface area contributed by atoms with Gasteiger partial charge in [-0.25, -0.2) is 4.98 Å². The molecule has 1 spiro atoms. The van der Waals surface area contributed by atoms with Gasteiger partial charge in [-0.3, -0.25) is 9.59 Å². The lowest BCUT2D eigenvalue weighted by atomic mass is 9.81. The largest absolute Gasteiger partial charge is 0.486 e. The number of hydrogen-bond acceptors (Lipinski definition) is 5. The molecule has 2 aromatic carbocycles. The Morgan fingerprint density at radius 3 is 2.72 bits per heavy atom. The molecule has 0 N–H and O–H groups in total. The van der Waals surface area contributed by atoms with Crippen LogP contribution in [0.2, 0.25) is 0 Å². The Bertz CT molecular complexity index is 1140. The fourth-order valence-electron chi connectivity index (χ4n) is 4.59. The minimum absolute atomic E-state index is 0.0287. The van der Waals surface area contributed by atoms with Gasteiger partial charge in [-0.2, -0.15) is 0 Å². The molecule has 2 aliphatic rings. The molecule has 148 valence electrons. The molecule has 6 heteroatoms. The molecule has 2 aliphatic heterocycles. The highest BCUT2D eigenvalue weighted by molar-refractivity contribution is 6.02. The van der Waals surface area contributed by atoms with E-state index >= 15 is 0 Å². The Balaban J connectivity index is 1.34. The number of rotatable bonds is 1. The highest BCUT2D eigenvalue weighted by Gasteiger charge is 2.44. The first-order valence-electron chi connectivity index (χ1n) is 9.90. The number of Topliss-reactive ketones (excluding diaryl/α,β-unsaturated/α-hetero) is 1. The summed E-state index contributed by atoms with van der Waals surface area (Å²) in [6, 6.07) is 9.26. The van der Waals surface area contributed by atoms with Gasteiger partial charge in [0.1, 0.15) is 16.9 Å². The number of aromatic nitrogens is 1. The van der Waals surface area contributed by atoms with Gasteiger partial charge in [0, 0.05) is 31.5 Å². The Morgan fingerprint density at radius 2 is 1.93 bits per heavy atom. The summed E-state index contributed by atoms with van der Waals surface area (Å²) in [5.41, 5.74) is 4.18. The zero-order valence-corrected chi connectivity index (χ0v) is 16.5. The van der Waals surface area contributed by atoms with Crippen molar-refractivity contribution in [2.24, 2.45) is 0 Å². The Morgan fingerprint density at radius 1 is 1.14 bits per heavy atom. The molecule has 1 saturated heterocycles. The van der Waals surface area contributed by atoms with E-state index in [1.54, 1.807) is 18.2 Å². The SMILES string of the molecule is Cc1cc(C)c2c(c1)OC1(CCN(C(=O)c3ccc4ocnc4c3)CC1)CC2=O. The topological polar surface area (TPSA) is 72.6 Å². The molecule has 3 aromatic rings. The lowest BCUT2D eigenvalue weighted by Crippen LogP contribution is -2.52. The van der Waals surface area contributed by atoms with E-state index in [0.29, 0.717) is 60.3 Å². The average Bonchev–Trinajstić information content (AvgIpc) is 3.15. The molecule has 0 saturated carbocycles. The van der Waals surface area contributed by atoms with E-state index in [2.05, 4.69) is 4.98 Å². The van der Waals surface area contributed by atoms with Crippen molar-refractivity contribution >= 4 is 22.8 Å². The van der Waals surface area contributed by atoms with Crippen LogP contribution in [0.1, 0.15) is 51.1 Å². The number of fused-ring (bicyclic) bond motifs is 2. The summed E-state index contributed by atoms with van der Waals surface area (Å²) in [6.45, 7) is 5.08. The third-order valence-electron chi connectivity index (χ3n) is 6.07. The molecule has 5 rings (SSSR count). The predicted molar refractivity (Wildman–Crippen MR) is 107 cm³/mol. The van der Waals surface area contributed by atoms with Crippen molar-refractivity contribution in [1.82, 2.24) is 9.88 Å². The molecule has 0 aliphatic carbocycles. The first-order valence-corrected chi connectivity index (χ1v) is 9.90. The van der Waals surface area contributed by atoms with Gasteiger partial charge in [0.05, 0.1) is 12.0 Å². The van der Waals surface area contributed by atoms with Gasteiger partial charge >= 0.3 is 0 Å². The zero-order valence-electron chi connectivity index (χ0n) is 16.5. The van der Waals surface area contributed by atoms with Crippen LogP contribution in [0.4, 0.5) is 0 Å². The molecule has 1 fully saturated rings.